The van der Waals surface area contributed by atoms with Crippen molar-refractivity contribution in [1.29, 1.82) is 0 Å². The van der Waals surface area contributed by atoms with Crippen molar-refractivity contribution in [2.45, 2.75) is 51.1 Å². The Morgan fingerprint density at radius 1 is 1.29 bits per heavy atom. The van der Waals surface area contributed by atoms with Crippen molar-refractivity contribution in [1.82, 2.24) is 14.9 Å². The van der Waals surface area contributed by atoms with Gasteiger partial charge in [0.05, 0.1) is 11.6 Å². The van der Waals surface area contributed by atoms with Crippen LogP contribution in [0.25, 0.3) is 0 Å². The van der Waals surface area contributed by atoms with Gasteiger partial charge in [-0.15, -0.1) is 11.3 Å². The Morgan fingerprint density at radius 3 is 2.83 bits per heavy atom. The van der Waals surface area contributed by atoms with Gasteiger partial charge in [-0.2, -0.15) is 0 Å². The summed E-state index contributed by atoms with van der Waals surface area (Å²) in [5.74, 6) is 0.929. The molecule has 0 radical (unpaired) electrons. The number of hydrogen-bond donors (Lipinski definition) is 1. The van der Waals surface area contributed by atoms with Crippen LogP contribution in [-0.4, -0.2) is 33.4 Å². The molecule has 6 heteroatoms. The molecule has 1 N–H and O–H groups in total. The summed E-state index contributed by atoms with van der Waals surface area (Å²) in [4.78, 5) is 24.0. The molecular weight excluding hydrogens is 320 g/mol. The summed E-state index contributed by atoms with van der Waals surface area (Å²) >= 11 is 1.66. The number of likely N-dealkylation sites (tertiary alicyclic amines) is 1. The molecule has 3 heterocycles. The lowest BCUT2D eigenvalue weighted by Gasteiger charge is -2.34. The molecular formula is C18H22N4OS. The number of nitrogens with zero attached hydrogens (tertiary/aromatic N) is 3. The molecule has 4 rings (SSSR count). The first kappa shape index (κ1) is 15.6. The summed E-state index contributed by atoms with van der Waals surface area (Å²) < 4.78 is 0. The second-order valence-electron chi connectivity index (χ2n) is 6.69. The molecule has 2 aromatic heterocycles. The SMILES string of the molecule is Cc1csc([C@H]2CCCCN2C(=O)c2ccc(NC3CC3)nc2)n1. The van der Waals surface area contributed by atoms with Crippen LogP contribution in [0, 0.1) is 6.92 Å². The van der Waals surface area contributed by atoms with E-state index in [-0.39, 0.29) is 11.9 Å². The maximum absolute atomic E-state index is 13.0. The largest absolute Gasteiger partial charge is 0.367 e. The van der Waals surface area contributed by atoms with Crippen LogP contribution in [0.4, 0.5) is 5.82 Å². The lowest BCUT2D eigenvalue weighted by Crippen LogP contribution is -2.38. The number of aromatic nitrogens is 2. The third kappa shape index (κ3) is 3.29. The van der Waals surface area contributed by atoms with E-state index >= 15 is 0 Å². The topological polar surface area (TPSA) is 58.1 Å². The first-order valence-electron chi connectivity index (χ1n) is 8.66. The zero-order chi connectivity index (χ0) is 16.5. The Bertz CT molecular complexity index is 723. The van der Waals surface area contributed by atoms with Gasteiger partial charge in [-0.1, -0.05) is 0 Å². The minimum absolute atomic E-state index is 0.0676. The van der Waals surface area contributed by atoms with Crippen molar-refractivity contribution in [3.8, 4) is 0 Å². The van der Waals surface area contributed by atoms with Crippen molar-refractivity contribution in [2.24, 2.45) is 0 Å². The fraction of sp³-hybridized carbons (Fsp3) is 0.500. The second kappa shape index (κ2) is 6.51. The maximum atomic E-state index is 13.0. The number of hydrogen-bond acceptors (Lipinski definition) is 5. The molecule has 1 saturated carbocycles. The van der Waals surface area contributed by atoms with Gasteiger partial charge >= 0.3 is 0 Å². The Balaban J connectivity index is 1.52. The third-order valence-corrected chi connectivity index (χ3v) is 5.69. The number of carbonyl (C=O) groups is 1. The van der Waals surface area contributed by atoms with Crippen molar-refractivity contribution >= 4 is 23.1 Å². The zero-order valence-corrected chi connectivity index (χ0v) is 14.7. The van der Waals surface area contributed by atoms with Crippen LogP contribution in [0.1, 0.15) is 59.2 Å². The van der Waals surface area contributed by atoms with Crippen molar-refractivity contribution in [3.63, 3.8) is 0 Å². The lowest BCUT2D eigenvalue weighted by atomic mass is 10.0. The molecule has 0 unspecified atom stereocenters. The summed E-state index contributed by atoms with van der Waals surface area (Å²) in [6.45, 7) is 2.80. The van der Waals surface area contributed by atoms with Crippen LogP contribution in [-0.2, 0) is 0 Å². The number of anilines is 1. The zero-order valence-electron chi connectivity index (χ0n) is 13.9. The number of thiazole rings is 1. The highest BCUT2D eigenvalue weighted by Crippen LogP contribution is 2.33. The number of aryl methyl sites for hydroxylation is 1. The van der Waals surface area contributed by atoms with Crippen molar-refractivity contribution < 1.29 is 4.79 Å². The van der Waals surface area contributed by atoms with E-state index in [0.717, 1.165) is 42.3 Å². The molecule has 24 heavy (non-hydrogen) atoms. The van der Waals surface area contributed by atoms with Gasteiger partial charge in [-0.3, -0.25) is 4.79 Å². The van der Waals surface area contributed by atoms with Gasteiger partial charge in [-0.05, 0) is 51.2 Å². The highest BCUT2D eigenvalue weighted by molar-refractivity contribution is 7.09. The molecule has 0 spiro atoms. The van der Waals surface area contributed by atoms with Crippen LogP contribution >= 0.6 is 11.3 Å². The van der Waals surface area contributed by atoms with E-state index in [0.29, 0.717) is 11.6 Å². The molecule has 0 bridgehead atoms. The molecule has 1 saturated heterocycles. The molecule has 0 aromatic carbocycles. The van der Waals surface area contributed by atoms with Gasteiger partial charge in [-0.25, -0.2) is 9.97 Å². The number of nitrogens with one attached hydrogen (secondary N) is 1. The Kier molecular flexibility index (Phi) is 4.22. The quantitative estimate of drug-likeness (QED) is 0.918. The van der Waals surface area contributed by atoms with E-state index in [9.17, 15) is 4.79 Å². The average molecular weight is 342 g/mol. The predicted octanol–water partition coefficient (Wildman–Crippen LogP) is 3.79. The summed E-state index contributed by atoms with van der Waals surface area (Å²) in [6.07, 6.45) is 7.33. The van der Waals surface area contributed by atoms with Gasteiger partial charge in [0.2, 0.25) is 0 Å². The van der Waals surface area contributed by atoms with E-state index in [1.54, 1.807) is 17.5 Å². The number of piperidine rings is 1. The minimum Gasteiger partial charge on any atom is -0.367 e. The average Bonchev–Trinajstić information content (AvgIpc) is 3.32. The Morgan fingerprint density at radius 2 is 2.17 bits per heavy atom. The Hall–Kier alpha value is -1.95. The fourth-order valence-corrected chi connectivity index (χ4v) is 4.11. The summed E-state index contributed by atoms with van der Waals surface area (Å²) in [7, 11) is 0. The normalized spacial score (nSPS) is 20.9. The molecule has 1 aliphatic heterocycles. The van der Waals surface area contributed by atoms with Crippen molar-refractivity contribution in [2.75, 3.05) is 11.9 Å². The van der Waals surface area contributed by atoms with Crippen LogP contribution < -0.4 is 5.32 Å². The van der Waals surface area contributed by atoms with Gasteiger partial charge in [0, 0.05) is 29.9 Å². The third-order valence-electron chi connectivity index (χ3n) is 4.63. The highest BCUT2D eigenvalue weighted by Gasteiger charge is 2.30. The summed E-state index contributed by atoms with van der Waals surface area (Å²) in [6, 6.07) is 4.48. The van der Waals surface area contributed by atoms with Crippen LogP contribution in [0.3, 0.4) is 0 Å². The monoisotopic (exact) mass is 342 g/mol. The van der Waals surface area contributed by atoms with E-state index in [2.05, 4.69) is 20.7 Å². The summed E-state index contributed by atoms with van der Waals surface area (Å²) in [5.41, 5.74) is 1.70. The fourth-order valence-electron chi connectivity index (χ4n) is 3.16. The molecule has 1 amide bonds. The van der Waals surface area contributed by atoms with E-state index in [4.69, 9.17) is 0 Å². The highest BCUT2D eigenvalue weighted by atomic mass is 32.1. The molecule has 5 nitrogen and oxygen atoms in total. The van der Waals surface area contributed by atoms with E-state index in [1.807, 2.05) is 24.0 Å². The molecule has 1 aliphatic carbocycles. The van der Waals surface area contributed by atoms with Gasteiger partial charge in [0.25, 0.3) is 5.91 Å². The molecule has 2 aliphatic rings. The first-order valence-corrected chi connectivity index (χ1v) is 9.54. The van der Waals surface area contributed by atoms with Crippen LogP contribution in [0.5, 0.6) is 0 Å². The standard InChI is InChI=1S/C18H22N4OS/c1-12-11-24-17(20-12)15-4-2-3-9-22(15)18(23)13-5-8-16(19-10-13)21-14-6-7-14/h5,8,10-11,14-15H,2-4,6-7,9H2,1H3,(H,19,21)/t15-/m1/s1. The van der Waals surface area contributed by atoms with Crippen LogP contribution in [0.2, 0.25) is 0 Å². The lowest BCUT2D eigenvalue weighted by molar-refractivity contribution is 0.0610. The van der Waals surface area contributed by atoms with Gasteiger partial charge in [0.1, 0.15) is 10.8 Å². The number of carbonyl (C=O) groups excluding carboxylic acids is 1. The van der Waals surface area contributed by atoms with Gasteiger partial charge < -0.3 is 10.2 Å². The predicted molar refractivity (Wildman–Crippen MR) is 95.4 cm³/mol. The maximum Gasteiger partial charge on any atom is 0.256 e. The Labute approximate surface area is 146 Å². The summed E-state index contributed by atoms with van der Waals surface area (Å²) in [5, 5.41) is 6.47. The molecule has 126 valence electrons. The first-order chi connectivity index (χ1) is 11.7. The van der Waals surface area contributed by atoms with E-state index in [1.165, 1.54) is 12.8 Å². The smallest absolute Gasteiger partial charge is 0.256 e. The molecule has 2 fully saturated rings. The number of rotatable bonds is 4. The number of pyridine rings is 1. The molecule has 1 atom stereocenters. The minimum atomic E-state index is 0.0676. The molecule has 2 aromatic rings. The number of amides is 1. The van der Waals surface area contributed by atoms with Crippen LogP contribution in [0.15, 0.2) is 23.7 Å². The second-order valence-corrected chi connectivity index (χ2v) is 7.58. The van der Waals surface area contributed by atoms with E-state index < -0.39 is 0 Å². The van der Waals surface area contributed by atoms with Gasteiger partial charge in [0.15, 0.2) is 0 Å². The van der Waals surface area contributed by atoms with Crippen molar-refractivity contribution in [3.05, 3.63) is 40.0 Å².